The largest absolute Gasteiger partial charge is 0.493 e. The quantitative estimate of drug-likeness (QED) is 0.508. The number of aromatic nitrogens is 2. The van der Waals surface area contributed by atoms with Crippen molar-refractivity contribution in [2.45, 2.75) is 6.92 Å². The summed E-state index contributed by atoms with van der Waals surface area (Å²) in [6.45, 7) is 1.82. The second-order valence-electron chi connectivity index (χ2n) is 6.62. The van der Waals surface area contributed by atoms with E-state index < -0.39 is 0 Å². The molecule has 3 aromatic carbocycles. The number of amides is 1. The number of nitrogens with one attached hydrogen (secondary N) is 2. The summed E-state index contributed by atoms with van der Waals surface area (Å²) < 4.78 is 11.1. The third-order valence-corrected chi connectivity index (χ3v) is 4.60. The van der Waals surface area contributed by atoms with Gasteiger partial charge in [-0.15, -0.1) is 0 Å². The van der Waals surface area contributed by atoms with E-state index in [1.54, 1.807) is 13.2 Å². The van der Waals surface area contributed by atoms with Gasteiger partial charge in [0, 0.05) is 11.3 Å². The number of carbonyl (C=O) groups excluding carboxylic acids is 1. The number of fused-ring (bicyclic) bond motifs is 1. The molecular weight excluding hydrogens is 366 g/mol. The Morgan fingerprint density at radius 3 is 2.62 bits per heavy atom. The van der Waals surface area contributed by atoms with Crippen molar-refractivity contribution >= 4 is 22.6 Å². The predicted octanol–water partition coefficient (Wildman–Crippen LogP) is 4.56. The lowest BCUT2D eigenvalue weighted by Gasteiger charge is -2.12. The van der Waals surface area contributed by atoms with Gasteiger partial charge < -0.3 is 19.8 Å². The zero-order chi connectivity index (χ0) is 20.2. The van der Waals surface area contributed by atoms with Crippen molar-refractivity contribution in [2.24, 2.45) is 0 Å². The summed E-state index contributed by atoms with van der Waals surface area (Å²) in [4.78, 5) is 20.1. The van der Waals surface area contributed by atoms with Crippen LogP contribution in [0, 0.1) is 6.92 Å². The van der Waals surface area contributed by atoms with Crippen LogP contribution in [-0.2, 0) is 4.79 Å². The highest BCUT2D eigenvalue weighted by Crippen LogP contribution is 2.32. The lowest BCUT2D eigenvalue weighted by molar-refractivity contribution is -0.118. The Balaban J connectivity index is 1.48. The number of benzene rings is 3. The molecule has 146 valence electrons. The lowest BCUT2D eigenvalue weighted by atomic mass is 10.2. The van der Waals surface area contributed by atoms with E-state index in [1.165, 1.54) is 0 Å². The van der Waals surface area contributed by atoms with Crippen molar-refractivity contribution in [3.63, 3.8) is 0 Å². The Hall–Kier alpha value is -3.80. The number of anilines is 1. The van der Waals surface area contributed by atoms with Crippen LogP contribution >= 0.6 is 0 Å². The third-order valence-electron chi connectivity index (χ3n) is 4.60. The number of methoxy groups -OCH3 is 1. The fourth-order valence-corrected chi connectivity index (χ4v) is 3.07. The summed E-state index contributed by atoms with van der Waals surface area (Å²) in [7, 11) is 1.57. The molecule has 0 fully saturated rings. The van der Waals surface area contributed by atoms with E-state index >= 15 is 0 Å². The summed E-state index contributed by atoms with van der Waals surface area (Å²) in [5, 5.41) is 2.85. The molecule has 0 aliphatic heterocycles. The number of para-hydroxylation sites is 3. The van der Waals surface area contributed by atoms with E-state index in [2.05, 4.69) is 15.3 Å². The van der Waals surface area contributed by atoms with Crippen LogP contribution in [-0.4, -0.2) is 29.6 Å². The van der Waals surface area contributed by atoms with Gasteiger partial charge in [0.25, 0.3) is 5.91 Å². The highest BCUT2D eigenvalue weighted by Gasteiger charge is 2.12. The molecule has 0 radical (unpaired) electrons. The Labute approximate surface area is 168 Å². The van der Waals surface area contributed by atoms with Crippen LogP contribution in [0.5, 0.6) is 11.5 Å². The molecule has 4 aromatic rings. The molecule has 0 spiro atoms. The van der Waals surface area contributed by atoms with E-state index in [0.29, 0.717) is 11.5 Å². The van der Waals surface area contributed by atoms with Crippen molar-refractivity contribution in [1.29, 1.82) is 0 Å². The van der Waals surface area contributed by atoms with E-state index in [1.807, 2.05) is 67.6 Å². The van der Waals surface area contributed by atoms with E-state index in [9.17, 15) is 4.79 Å². The van der Waals surface area contributed by atoms with Crippen LogP contribution in [0.1, 0.15) is 5.56 Å². The first-order chi connectivity index (χ1) is 14.1. The molecule has 0 atom stereocenters. The van der Waals surface area contributed by atoms with Crippen LogP contribution < -0.4 is 14.8 Å². The summed E-state index contributed by atoms with van der Waals surface area (Å²) in [5.41, 5.74) is 4.50. The Bertz CT molecular complexity index is 1130. The zero-order valence-electron chi connectivity index (χ0n) is 16.2. The number of carbonyl (C=O) groups is 1. The van der Waals surface area contributed by atoms with Crippen LogP contribution in [0.25, 0.3) is 22.4 Å². The first kappa shape index (κ1) is 18.6. The minimum absolute atomic E-state index is 0.116. The molecule has 1 heterocycles. The van der Waals surface area contributed by atoms with Crippen molar-refractivity contribution in [3.8, 4) is 22.9 Å². The lowest BCUT2D eigenvalue weighted by Crippen LogP contribution is -2.20. The molecule has 0 aliphatic rings. The third kappa shape index (κ3) is 4.06. The molecule has 0 aliphatic carbocycles. The number of hydrogen-bond donors (Lipinski definition) is 2. The standard InChI is InChI=1S/C23H21N3O3/c1-15-7-3-4-8-17(15)24-22(27)14-29-20-12-11-16(13-21(20)28-2)23-25-18-9-5-6-10-19(18)26-23/h3-13H,14H2,1-2H3,(H,24,27)(H,25,26). The van der Waals surface area contributed by atoms with Gasteiger partial charge in [-0.3, -0.25) is 4.79 Å². The molecule has 6 nitrogen and oxygen atoms in total. The molecule has 0 unspecified atom stereocenters. The fraction of sp³-hybridized carbons (Fsp3) is 0.130. The van der Waals surface area contributed by atoms with Crippen molar-refractivity contribution in [2.75, 3.05) is 19.0 Å². The molecule has 29 heavy (non-hydrogen) atoms. The van der Waals surface area contributed by atoms with Gasteiger partial charge in [-0.2, -0.15) is 0 Å². The summed E-state index contributed by atoms with van der Waals surface area (Å²) in [6, 6.07) is 21.0. The van der Waals surface area contributed by atoms with Gasteiger partial charge in [0.1, 0.15) is 5.82 Å². The molecule has 4 rings (SSSR count). The molecule has 1 aromatic heterocycles. The van der Waals surface area contributed by atoms with Crippen molar-refractivity contribution in [3.05, 3.63) is 72.3 Å². The number of rotatable bonds is 6. The molecule has 2 N–H and O–H groups in total. The van der Waals surface area contributed by atoms with Crippen molar-refractivity contribution < 1.29 is 14.3 Å². The Kier molecular flexibility index (Phi) is 5.16. The maximum absolute atomic E-state index is 12.2. The Morgan fingerprint density at radius 2 is 1.83 bits per heavy atom. The van der Waals surface area contributed by atoms with Crippen LogP contribution in [0.2, 0.25) is 0 Å². The highest BCUT2D eigenvalue weighted by atomic mass is 16.5. The minimum atomic E-state index is -0.234. The van der Waals surface area contributed by atoms with Gasteiger partial charge in [0.15, 0.2) is 18.1 Å². The van der Waals surface area contributed by atoms with Crippen molar-refractivity contribution in [1.82, 2.24) is 9.97 Å². The topological polar surface area (TPSA) is 76.2 Å². The SMILES string of the molecule is COc1cc(-c2nc3ccccc3[nH]2)ccc1OCC(=O)Nc1ccccc1C. The Morgan fingerprint density at radius 1 is 1.03 bits per heavy atom. The molecule has 1 amide bonds. The van der Waals surface area contributed by atoms with Gasteiger partial charge in [-0.25, -0.2) is 4.98 Å². The van der Waals surface area contributed by atoms with Gasteiger partial charge in [-0.05, 0) is 48.9 Å². The van der Waals surface area contributed by atoms with Crippen LogP contribution in [0.3, 0.4) is 0 Å². The van der Waals surface area contributed by atoms with Gasteiger partial charge in [0.05, 0.1) is 18.1 Å². The average molecular weight is 387 g/mol. The second-order valence-corrected chi connectivity index (χ2v) is 6.62. The summed E-state index contributed by atoms with van der Waals surface area (Å²) >= 11 is 0. The highest BCUT2D eigenvalue weighted by molar-refractivity contribution is 5.92. The number of nitrogens with zero attached hydrogens (tertiary/aromatic N) is 1. The van der Waals surface area contributed by atoms with E-state index in [-0.39, 0.29) is 12.5 Å². The molecular formula is C23H21N3O3. The number of hydrogen-bond acceptors (Lipinski definition) is 4. The smallest absolute Gasteiger partial charge is 0.262 e. The first-order valence-electron chi connectivity index (χ1n) is 9.25. The number of imidazole rings is 1. The summed E-state index contributed by atoms with van der Waals surface area (Å²) in [5.74, 6) is 1.54. The zero-order valence-corrected chi connectivity index (χ0v) is 16.2. The summed E-state index contributed by atoms with van der Waals surface area (Å²) in [6.07, 6.45) is 0. The second kappa shape index (κ2) is 8.06. The van der Waals surface area contributed by atoms with Gasteiger partial charge in [-0.1, -0.05) is 30.3 Å². The van der Waals surface area contributed by atoms with E-state index in [4.69, 9.17) is 9.47 Å². The maximum Gasteiger partial charge on any atom is 0.262 e. The first-order valence-corrected chi connectivity index (χ1v) is 9.25. The molecule has 6 heteroatoms. The van der Waals surface area contributed by atoms with Crippen LogP contribution in [0.15, 0.2) is 66.7 Å². The molecule has 0 saturated heterocycles. The number of aryl methyl sites for hydroxylation is 1. The molecule has 0 saturated carbocycles. The fourth-order valence-electron chi connectivity index (χ4n) is 3.07. The minimum Gasteiger partial charge on any atom is -0.493 e. The number of H-pyrrole nitrogens is 1. The average Bonchev–Trinajstić information content (AvgIpc) is 3.18. The van der Waals surface area contributed by atoms with Gasteiger partial charge in [0.2, 0.25) is 0 Å². The van der Waals surface area contributed by atoms with Gasteiger partial charge >= 0.3 is 0 Å². The monoisotopic (exact) mass is 387 g/mol. The van der Waals surface area contributed by atoms with Crippen LogP contribution in [0.4, 0.5) is 5.69 Å². The molecule has 0 bridgehead atoms. The number of ether oxygens (including phenoxy) is 2. The number of aromatic amines is 1. The normalized spacial score (nSPS) is 10.7. The van der Waals surface area contributed by atoms with E-state index in [0.717, 1.165) is 33.7 Å². The maximum atomic E-state index is 12.2. The predicted molar refractivity (Wildman–Crippen MR) is 113 cm³/mol.